The molecular formula is C16H16O3. The van der Waals surface area contributed by atoms with Gasteiger partial charge >= 0.3 is 0 Å². The molecule has 98 valence electrons. The third-order valence-corrected chi connectivity index (χ3v) is 3.06. The molecule has 0 fully saturated rings. The van der Waals surface area contributed by atoms with Crippen molar-refractivity contribution in [2.24, 2.45) is 0 Å². The van der Waals surface area contributed by atoms with Gasteiger partial charge in [-0.25, -0.2) is 0 Å². The molecule has 0 saturated carbocycles. The van der Waals surface area contributed by atoms with E-state index in [1.807, 2.05) is 19.1 Å². The Labute approximate surface area is 112 Å². The number of rotatable bonds is 2. The Hall–Kier alpha value is -2.42. The molecule has 0 radical (unpaired) electrons. The highest BCUT2D eigenvalue weighted by atomic mass is 16.3. The van der Waals surface area contributed by atoms with Crippen LogP contribution in [0.3, 0.4) is 0 Å². The molecule has 3 heteroatoms. The maximum absolute atomic E-state index is 9.63. The van der Waals surface area contributed by atoms with Crippen LogP contribution >= 0.6 is 0 Å². The fraction of sp³-hybridized carbons (Fsp3) is 0.125. The summed E-state index contributed by atoms with van der Waals surface area (Å²) < 4.78 is 0. The number of aromatic hydroxyl groups is 3. The minimum atomic E-state index is 0.0709. The van der Waals surface area contributed by atoms with E-state index in [1.54, 1.807) is 37.3 Å². The monoisotopic (exact) mass is 256 g/mol. The summed E-state index contributed by atoms with van der Waals surface area (Å²) in [6.45, 7) is 3.48. The largest absolute Gasteiger partial charge is 0.508 e. The molecule has 19 heavy (non-hydrogen) atoms. The molecule has 0 saturated heterocycles. The maximum Gasteiger partial charge on any atom is 0.122 e. The van der Waals surface area contributed by atoms with Crippen molar-refractivity contribution in [3.05, 3.63) is 52.6 Å². The zero-order chi connectivity index (χ0) is 14.0. The van der Waals surface area contributed by atoms with Gasteiger partial charge in [-0.2, -0.15) is 0 Å². The van der Waals surface area contributed by atoms with Crippen LogP contribution in [0.2, 0.25) is 0 Å². The van der Waals surface area contributed by atoms with Crippen molar-refractivity contribution in [1.82, 2.24) is 0 Å². The fourth-order valence-corrected chi connectivity index (χ4v) is 1.78. The maximum atomic E-state index is 9.63. The minimum absolute atomic E-state index is 0.0709. The molecular weight excluding hydrogens is 240 g/mol. The summed E-state index contributed by atoms with van der Waals surface area (Å²) in [6.07, 6.45) is 3.65. The molecule has 0 aromatic heterocycles. The predicted molar refractivity (Wildman–Crippen MR) is 76.3 cm³/mol. The van der Waals surface area contributed by atoms with Gasteiger partial charge < -0.3 is 15.3 Å². The van der Waals surface area contributed by atoms with Gasteiger partial charge in [0.1, 0.15) is 17.2 Å². The Morgan fingerprint density at radius 3 is 1.89 bits per heavy atom. The zero-order valence-electron chi connectivity index (χ0n) is 10.9. The number of phenols is 3. The Balaban J connectivity index is 2.30. The lowest BCUT2D eigenvalue weighted by Crippen LogP contribution is -1.80. The van der Waals surface area contributed by atoms with E-state index < -0.39 is 0 Å². The summed E-state index contributed by atoms with van der Waals surface area (Å²) in [5, 5.41) is 28.7. The van der Waals surface area contributed by atoms with E-state index in [0.717, 1.165) is 11.1 Å². The van der Waals surface area contributed by atoms with Crippen molar-refractivity contribution in [1.29, 1.82) is 0 Å². The van der Waals surface area contributed by atoms with Gasteiger partial charge in [-0.15, -0.1) is 0 Å². The van der Waals surface area contributed by atoms with Crippen molar-refractivity contribution in [3.63, 3.8) is 0 Å². The average Bonchev–Trinajstić information content (AvgIpc) is 2.37. The highest BCUT2D eigenvalue weighted by molar-refractivity contribution is 5.72. The highest BCUT2D eigenvalue weighted by Crippen LogP contribution is 2.28. The van der Waals surface area contributed by atoms with E-state index in [4.69, 9.17) is 0 Å². The third-order valence-electron chi connectivity index (χ3n) is 3.06. The molecule has 3 nitrogen and oxygen atoms in total. The molecule has 2 aromatic carbocycles. The molecule has 0 aliphatic heterocycles. The topological polar surface area (TPSA) is 60.7 Å². The van der Waals surface area contributed by atoms with E-state index in [1.165, 1.54) is 0 Å². The standard InChI is InChI=1S/C16H16O3/c1-10-7-12(5-6-14(10)17)3-4-13-8-15(18)11(2)16(19)9-13/h3-9,17-19H,1-2H3/b4-3+. The molecule has 0 amide bonds. The summed E-state index contributed by atoms with van der Waals surface area (Å²) in [5.41, 5.74) is 2.93. The molecule has 0 bridgehead atoms. The van der Waals surface area contributed by atoms with Crippen molar-refractivity contribution in [2.45, 2.75) is 13.8 Å². The molecule has 0 aliphatic carbocycles. The molecule has 0 unspecified atom stereocenters. The zero-order valence-corrected chi connectivity index (χ0v) is 10.9. The summed E-state index contributed by atoms with van der Waals surface area (Å²) in [5.74, 6) is 0.408. The Morgan fingerprint density at radius 1 is 0.737 bits per heavy atom. The van der Waals surface area contributed by atoms with Gasteiger partial charge in [0.15, 0.2) is 0 Å². The van der Waals surface area contributed by atoms with Gasteiger partial charge in [0.05, 0.1) is 0 Å². The highest BCUT2D eigenvalue weighted by Gasteiger charge is 2.03. The molecule has 0 spiro atoms. The third kappa shape index (κ3) is 2.88. The first-order valence-corrected chi connectivity index (χ1v) is 5.97. The van der Waals surface area contributed by atoms with E-state index in [2.05, 4.69) is 0 Å². The number of aryl methyl sites for hydroxylation is 1. The van der Waals surface area contributed by atoms with Crippen LogP contribution in [0.1, 0.15) is 22.3 Å². The first-order chi connectivity index (χ1) is 8.97. The quantitative estimate of drug-likeness (QED) is 0.719. The van der Waals surface area contributed by atoms with Crippen LogP contribution in [0.15, 0.2) is 30.3 Å². The number of hydrogen-bond acceptors (Lipinski definition) is 3. The average molecular weight is 256 g/mol. The van der Waals surface area contributed by atoms with Crippen LogP contribution in [0.4, 0.5) is 0 Å². The van der Waals surface area contributed by atoms with Crippen LogP contribution in [0.25, 0.3) is 12.2 Å². The molecule has 0 atom stereocenters. The first kappa shape index (κ1) is 13.0. The molecule has 3 N–H and O–H groups in total. The molecule has 0 aliphatic rings. The normalized spacial score (nSPS) is 11.1. The second-order valence-electron chi connectivity index (χ2n) is 4.56. The van der Waals surface area contributed by atoms with Gasteiger partial charge in [0, 0.05) is 5.56 Å². The molecule has 0 heterocycles. The SMILES string of the molecule is Cc1cc(/C=C/c2cc(O)c(C)c(O)c2)ccc1O. The second kappa shape index (κ2) is 5.06. The van der Waals surface area contributed by atoms with Crippen LogP contribution < -0.4 is 0 Å². The van der Waals surface area contributed by atoms with E-state index >= 15 is 0 Å². The van der Waals surface area contributed by atoms with Gasteiger partial charge in [0.2, 0.25) is 0 Å². The Morgan fingerprint density at radius 2 is 1.32 bits per heavy atom. The lowest BCUT2D eigenvalue weighted by molar-refractivity contribution is 0.443. The molecule has 2 aromatic rings. The number of phenolic OH excluding ortho intramolecular Hbond substituents is 3. The van der Waals surface area contributed by atoms with Crippen molar-refractivity contribution in [3.8, 4) is 17.2 Å². The summed E-state index contributed by atoms with van der Waals surface area (Å²) in [4.78, 5) is 0. The minimum Gasteiger partial charge on any atom is -0.508 e. The smallest absolute Gasteiger partial charge is 0.122 e. The number of benzene rings is 2. The van der Waals surface area contributed by atoms with E-state index in [9.17, 15) is 15.3 Å². The first-order valence-electron chi connectivity index (χ1n) is 5.97. The van der Waals surface area contributed by atoms with Crippen LogP contribution in [-0.2, 0) is 0 Å². The number of hydrogen-bond donors (Lipinski definition) is 3. The summed E-state index contributed by atoms with van der Waals surface area (Å²) >= 11 is 0. The lowest BCUT2D eigenvalue weighted by atomic mass is 10.1. The van der Waals surface area contributed by atoms with E-state index in [-0.39, 0.29) is 17.2 Å². The fourth-order valence-electron chi connectivity index (χ4n) is 1.78. The Bertz CT molecular complexity index is 619. The Kier molecular flexibility index (Phi) is 3.47. The van der Waals surface area contributed by atoms with Gasteiger partial charge in [0.25, 0.3) is 0 Å². The summed E-state index contributed by atoms with van der Waals surface area (Å²) in [7, 11) is 0. The van der Waals surface area contributed by atoms with Gasteiger partial charge in [-0.1, -0.05) is 18.2 Å². The lowest BCUT2D eigenvalue weighted by Gasteiger charge is -2.04. The van der Waals surface area contributed by atoms with Crippen LogP contribution in [-0.4, -0.2) is 15.3 Å². The summed E-state index contributed by atoms with van der Waals surface area (Å²) in [6, 6.07) is 8.49. The second-order valence-corrected chi connectivity index (χ2v) is 4.56. The van der Waals surface area contributed by atoms with Crippen molar-refractivity contribution >= 4 is 12.2 Å². The van der Waals surface area contributed by atoms with Crippen LogP contribution in [0, 0.1) is 13.8 Å². The van der Waals surface area contributed by atoms with E-state index in [0.29, 0.717) is 11.1 Å². The van der Waals surface area contributed by atoms with Crippen molar-refractivity contribution < 1.29 is 15.3 Å². The van der Waals surface area contributed by atoms with Gasteiger partial charge in [-0.3, -0.25) is 0 Å². The predicted octanol–water partition coefficient (Wildman–Crippen LogP) is 3.59. The van der Waals surface area contributed by atoms with Crippen molar-refractivity contribution in [2.75, 3.05) is 0 Å². The van der Waals surface area contributed by atoms with Gasteiger partial charge in [-0.05, 0) is 54.8 Å². The van der Waals surface area contributed by atoms with Crippen LogP contribution in [0.5, 0.6) is 17.2 Å². The molecule has 2 rings (SSSR count).